The van der Waals surface area contributed by atoms with Crippen molar-refractivity contribution in [1.82, 2.24) is 4.98 Å². The van der Waals surface area contributed by atoms with E-state index in [9.17, 15) is 0 Å². The van der Waals surface area contributed by atoms with E-state index in [0.29, 0.717) is 5.92 Å². The summed E-state index contributed by atoms with van der Waals surface area (Å²) < 4.78 is 0. The molecule has 1 saturated heterocycles. The molecular formula is C30H37N3. The molecule has 4 aromatic rings. The first kappa shape index (κ1) is 23.1. The fourth-order valence-electron chi connectivity index (χ4n) is 4.79. The Hall–Kier alpha value is -3.07. The van der Waals surface area contributed by atoms with Crippen LogP contribution < -0.4 is 9.80 Å². The molecule has 0 amide bonds. The average molecular weight is 440 g/mol. The molecule has 0 N–H and O–H groups in total. The third-order valence-corrected chi connectivity index (χ3v) is 6.82. The quantitative estimate of drug-likeness (QED) is 0.320. The topological polar surface area (TPSA) is 19.4 Å². The van der Waals surface area contributed by atoms with Gasteiger partial charge < -0.3 is 9.80 Å². The van der Waals surface area contributed by atoms with Crippen molar-refractivity contribution in [2.75, 3.05) is 36.0 Å². The van der Waals surface area contributed by atoms with Gasteiger partial charge in [-0.15, -0.1) is 0 Å². The van der Waals surface area contributed by atoms with Crippen LogP contribution in [0.25, 0.3) is 21.5 Å². The van der Waals surface area contributed by atoms with Crippen molar-refractivity contribution in [2.24, 2.45) is 0 Å². The summed E-state index contributed by atoms with van der Waals surface area (Å²) in [6.07, 6.45) is 3.22. The number of benzene rings is 3. The zero-order valence-electron chi connectivity index (χ0n) is 20.8. The predicted octanol–water partition coefficient (Wildman–Crippen LogP) is 7.56. The van der Waals surface area contributed by atoms with E-state index in [1.807, 2.05) is 6.20 Å². The minimum atomic E-state index is 0.570. The van der Waals surface area contributed by atoms with Crippen LogP contribution in [0.4, 0.5) is 11.5 Å². The van der Waals surface area contributed by atoms with Gasteiger partial charge in [0.25, 0.3) is 0 Å². The number of aryl methyl sites for hydroxylation is 1. The zero-order valence-corrected chi connectivity index (χ0v) is 20.8. The maximum absolute atomic E-state index is 4.50. The molecule has 0 spiro atoms. The molecule has 33 heavy (non-hydrogen) atoms. The van der Waals surface area contributed by atoms with Crippen molar-refractivity contribution >= 4 is 33.1 Å². The van der Waals surface area contributed by atoms with E-state index in [0.717, 1.165) is 32.0 Å². The van der Waals surface area contributed by atoms with E-state index in [1.54, 1.807) is 0 Å². The summed E-state index contributed by atoms with van der Waals surface area (Å²) >= 11 is 0. The van der Waals surface area contributed by atoms with Crippen LogP contribution in [0.2, 0.25) is 0 Å². The van der Waals surface area contributed by atoms with Crippen LogP contribution in [0.1, 0.15) is 51.2 Å². The third-order valence-electron chi connectivity index (χ3n) is 6.82. The Kier molecular flexibility index (Phi) is 7.17. The lowest BCUT2D eigenvalue weighted by Gasteiger charge is -2.32. The highest BCUT2D eigenvalue weighted by molar-refractivity contribution is 5.96. The fraction of sp³-hybridized carbons (Fsp3) is 0.367. The standard InChI is InChI=1S/C17H23N.C13H14N2/c1-5-18(6-2)17-12-8-10-15-14(13(3)4)9-7-11-16(15)17;1-10-4-2-5-12-11(10)6-7-14-13(12)15-8-3-9-15/h7-13H,5-6H2,1-4H3;2,4-7H,3,8-9H2,1H3. The lowest BCUT2D eigenvalue weighted by Crippen LogP contribution is -2.37. The van der Waals surface area contributed by atoms with Gasteiger partial charge in [-0.25, -0.2) is 4.98 Å². The van der Waals surface area contributed by atoms with Gasteiger partial charge in [0.1, 0.15) is 5.82 Å². The number of hydrogen-bond donors (Lipinski definition) is 0. The van der Waals surface area contributed by atoms with E-state index in [1.165, 1.54) is 44.8 Å². The molecular weight excluding hydrogens is 402 g/mol. The maximum atomic E-state index is 4.50. The molecule has 3 nitrogen and oxygen atoms in total. The number of fused-ring (bicyclic) bond motifs is 2. The number of nitrogens with zero attached hydrogens (tertiary/aromatic N) is 3. The molecule has 0 aliphatic carbocycles. The van der Waals surface area contributed by atoms with Crippen LogP contribution in [0, 0.1) is 6.92 Å². The van der Waals surface area contributed by atoms with Gasteiger partial charge in [0, 0.05) is 48.8 Å². The molecule has 5 rings (SSSR count). The number of pyridine rings is 1. The van der Waals surface area contributed by atoms with E-state index >= 15 is 0 Å². The smallest absolute Gasteiger partial charge is 0.136 e. The first-order valence-corrected chi connectivity index (χ1v) is 12.4. The molecule has 1 aliphatic rings. The second-order valence-corrected chi connectivity index (χ2v) is 9.19. The first-order valence-electron chi connectivity index (χ1n) is 12.4. The van der Waals surface area contributed by atoms with Gasteiger partial charge in [0.05, 0.1) is 0 Å². The lowest BCUT2D eigenvalue weighted by atomic mass is 9.95. The molecule has 1 fully saturated rings. The Morgan fingerprint density at radius 1 is 0.818 bits per heavy atom. The van der Waals surface area contributed by atoms with Gasteiger partial charge in [0.2, 0.25) is 0 Å². The Bertz CT molecular complexity index is 1220. The highest BCUT2D eigenvalue weighted by Crippen LogP contribution is 2.32. The summed E-state index contributed by atoms with van der Waals surface area (Å²) in [5.74, 6) is 1.73. The molecule has 2 heterocycles. The maximum Gasteiger partial charge on any atom is 0.136 e. The normalized spacial score (nSPS) is 13.1. The van der Waals surface area contributed by atoms with Crippen molar-refractivity contribution < 1.29 is 0 Å². The van der Waals surface area contributed by atoms with Crippen molar-refractivity contribution in [1.29, 1.82) is 0 Å². The van der Waals surface area contributed by atoms with Crippen molar-refractivity contribution in [3.8, 4) is 0 Å². The Labute approximate surface area is 199 Å². The van der Waals surface area contributed by atoms with Gasteiger partial charge in [-0.3, -0.25) is 0 Å². The first-order chi connectivity index (χ1) is 16.0. The molecule has 3 heteroatoms. The number of hydrogen-bond acceptors (Lipinski definition) is 3. The van der Waals surface area contributed by atoms with Crippen molar-refractivity contribution in [2.45, 2.75) is 47.0 Å². The molecule has 0 radical (unpaired) electrons. The van der Waals surface area contributed by atoms with Crippen LogP contribution in [0.5, 0.6) is 0 Å². The summed E-state index contributed by atoms with van der Waals surface area (Å²) in [5.41, 5.74) is 4.14. The largest absolute Gasteiger partial charge is 0.372 e. The molecule has 1 aliphatic heterocycles. The minimum Gasteiger partial charge on any atom is -0.372 e. The lowest BCUT2D eigenvalue weighted by molar-refractivity contribution is 0.612. The Morgan fingerprint density at radius 2 is 1.48 bits per heavy atom. The summed E-state index contributed by atoms with van der Waals surface area (Å²) in [7, 11) is 0. The Morgan fingerprint density at radius 3 is 2.15 bits per heavy atom. The van der Waals surface area contributed by atoms with Crippen LogP contribution in [-0.2, 0) is 0 Å². The average Bonchev–Trinajstić information content (AvgIpc) is 2.79. The number of aromatic nitrogens is 1. The predicted molar refractivity (Wildman–Crippen MR) is 145 cm³/mol. The molecule has 172 valence electrons. The summed E-state index contributed by atoms with van der Waals surface area (Å²) in [5, 5.41) is 5.40. The van der Waals surface area contributed by atoms with Gasteiger partial charge >= 0.3 is 0 Å². The summed E-state index contributed by atoms with van der Waals surface area (Å²) in [4.78, 5) is 9.27. The summed E-state index contributed by atoms with van der Waals surface area (Å²) in [6.45, 7) is 15.5. The highest BCUT2D eigenvalue weighted by atomic mass is 15.2. The molecule has 0 bridgehead atoms. The van der Waals surface area contributed by atoms with Gasteiger partial charge in [0.15, 0.2) is 0 Å². The van der Waals surface area contributed by atoms with Gasteiger partial charge in [-0.2, -0.15) is 0 Å². The third kappa shape index (κ3) is 4.68. The van der Waals surface area contributed by atoms with Crippen LogP contribution in [-0.4, -0.2) is 31.2 Å². The van der Waals surface area contributed by atoms with Crippen LogP contribution in [0.15, 0.2) is 66.9 Å². The van der Waals surface area contributed by atoms with E-state index in [4.69, 9.17) is 0 Å². The van der Waals surface area contributed by atoms with E-state index in [2.05, 4.69) is 110 Å². The summed E-state index contributed by atoms with van der Waals surface area (Å²) in [6, 6.07) is 21.9. The molecule has 0 unspecified atom stereocenters. The highest BCUT2D eigenvalue weighted by Gasteiger charge is 2.18. The SMILES string of the molecule is CCN(CC)c1cccc2c(C(C)C)cccc12.Cc1cccc2c(N3CCC3)nccc12. The van der Waals surface area contributed by atoms with E-state index in [-0.39, 0.29) is 0 Å². The monoisotopic (exact) mass is 439 g/mol. The van der Waals surface area contributed by atoms with E-state index < -0.39 is 0 Å². The molecule has 0 saturated carbocycles. The Balaban J connectivity index is 0.000000159. The molecule has 1 aromatic heterocycles. The second kappa shape index (κ2) is 10.2. The number of rotatable bonds is 5. The van der Waals surface area contributed by atoms with Crippen molar-refractivity contribution in [3.05, 3.63) is 78.0 Å². The van der Waals surface area contributed by atoms with Gasteiger partial charge in [-0.05, 0) is 67.1 Å². The molecule has 3 aromatic carbocycles. The fourth-order valence-corrected chi connectivity index (χ4v) is 4.79. The number of anilines is 2. The second-order valence-electron chi connectivity index (χ2n) is 9.19. The van der Waals surface area contributed by atoms with Crippen molar-refractivity contribution in [3.63, 3.8) is 0 Å². The van der Waals surface area contributed by atoms with Crippen LogP contribution >= 0.6 is 0 Å². The zero-order chi connectivity index (χ0) is 23.4. The van der Waals surface area contributed by atoms with Crippen LogP contribution in [0.3, 0.4) is 0 Å². The minimum absolute atomic E-state index is 0.570. The van der Waals surface area contributed by atoms with Gasteiger partial charge in [-0.1, -0.05) is 62.4 Å². The molecule has 0 atom stereocenters.